The van der Waals surface area contributed by atoms with Gasteiger partial charge in [-0.15, -0.1) is 0 Å². The predicted octanol–water partition coefficient (Wildman–Crippen LogP) is 2.70. The largest absolute Gasteiger partial charge is 0.272 e. The molecule has 1 aromatic rings. The topological polar surface area (TPSA) is 61.0 Å². The van der Waals surface area contributed by atoms with Gasteiger partial charge in [0.05, 0.1) is 10.6 Å². The molecule has 0 aliphatic heterocycles. The average molecular weight is 237 g/mol. The molecule has 0 N–H and O–H groups in total. The monoisotopic (exact) mass is 237 g/mol. The van der Waals surface area contributed by atoms with Gasteiger partial charge in [-0.1, -0.05) is 13.8 Å². The molecule has 0 spiro atoms. The molecule has 17 heavy (non-hydrogen) atoms. The summed E-state index contributed by atoms with van der Waals surface area (Å²) in [6, 6.07) is 0. The molecule has 5 nitrogen and oxygen atoms in total. The Hall–Kier alpha value is -1.65. The lowest BCUT2D eigenvalue weighted by Gasteiger charge is -2.02. The zero-order valence-electron chi connectivity index (χ0n) is 11.0. The van der Waals surface area contributed by atoms with Crippen LogP contribution in [0.25, 0.3) is 6.08 Å². The summed E-state index contributed by atoms with van der Waals surface area (Å²) in [7, 11) is 1.84. The quantitative estimate of drug-likeness (QED) is 0.597. The summed E-state index contributed by atoms with van der Waals surface area (Å²) in [5, 5.41) is 15.2. The fourth-order valence-electron chi connectivity index (χ4n) is 1.77. The molecular weight excluding hydrogens is 218 g/mol. The fourth-order valence-corrected chi connectivity index (χ4v) is 1.77. The minimum atomic E-state index is -0.300. The Bertz CT molecular complexity index is 459. The molecule has 0 amide bonds. The van der Waals surface area contributed by atoms with Crippen molar-refractivity contribution in [3.05, 3.63) is 32.8 Å². The van der Waals surface area contributed by atoms with Gasteiger partial charge in [-0.2, -0.15) is 5.10 Å². The minimum absolute atomic E-state index is 0.249. The SMILES string of the molecule is Cc1nn(C)c(C)c1C=C(CC(C)C)[N+](=O)[O-]. The van der Waals surface area contributed by atoms with E-state index in [4.69, 9.17) is 0 Å². The van der Waals surface area contributed by atoms with Gasteiger partial charge in [0.2, 0.25) is 5.70 Å². The summed E-state index contributed by atoms with van der Waals surface area (Å²) in [5.74, 6) is 0.268. The zero-order chi connectivity index (χ0) is 13.2. The van der Waals surface area contributed by atoms with E-state index in [0.717, 1.165) is 17.0 Å². The maximum atomic E-state index is 11.0. The van der Waals surface area contributed by atoms with Crippen molar-refractivity contribution in [2.24, 2.45) is 13.0 Å². The molecular formula is C12H19N3O2. The smallest absolute Gasteiger partial charge is 0.247 e. The van der Waals surface area contributed by atoms with Crippen molar-refractivity contribution >= 4 is 6.08 Å². The molecule has 0 aliphatic rings. The first-order chi connectivity index (χ1) is 7.82. The number of hydrogen-bond donors (Lipinski definition) is 0. The molecule has 1 heterocycles. The lowest BCUT2D eigenvalue weighted by atomic mass is 10.1. The average Bonchev–Trinajstić information content (AvgIpc) is 2.43. The van der Waals surface area contributed by atoms with Crippen LogP contribution in [0.1, 0.15) is 37.2 Å². The van der Waals surface area contributed by atoms with Gasteiger partial charge in [-0.05, 0) is 19.8 Å². The number of nitro groups is 1. The van der Waals surface area contributed by atoms with Crippen molar-refractivity contribution < 1.29 is 4.92 Å². The van der Waals surface area contributed by atoms with Crippen molar-refractivity contribution in [1.82, 2.24) is 9.78 Å². The second-order valence-corrected chi connectivity index (χ2v) is 4.70. The van der Waals surface area contributed by atoms with Crippen molar-refractivity contribution in [2.45, 2.75) is 34.1 Å². The maximum Gasteiger partial charge on any atom is 0.247 e. The molecule has 0 saturated heterocycles. The number of aromatic nitrogens is 2. The number of hydrogen-bond acceptors (Lipinski definition) is 3. The lowest BCUT2D eigenvalue weighted by molar-refractivity contribution is -0.427. The lowest BCUT2D eigenvalue weighted by Crippen LogP contribution is -2.03. The van der Waals surface area contributed by atoms with Crippen LogP contribution in [0.3, 0.4) is 0 Å². The molecule has 0 fully saturated rings. The molecule has 0 bridgehead atoms. The Morgan fingerprint density at radius 3 is 2.47 bits per heavy atom. The number of nitrogens with zero attached hydrogens (tertiary/aromatic N) is 3. The van der Waals surface area contributed by atoms with Gasteiger partial charge in [0.1, 0.15) is 0 Å². The standard InChI is InChI=1S/C12H19N3O2/c1-8(2)6-11(15(16)17)7-12-9(3)13-14(5)10(12)4/h7-8H,6H2,1-5H3. The fraction of sp³-hybridized carbons (Fsp3) is 0.583. The maximum absolute atomic E-state index is 11.0. The van der Waals surface area contributed by atoms with E-state index in [2.05, 4.69) is 5.10 Å². The van der Waals surface area contributed by atoms with E-state index >= 15 is 0 Å². The molecule has 0 aromatic carbocycles. The van der Waals surface area contributed by atoms with E-state index < -0.39 is 0 Å². The number of allylic oxidation sites excluding steroid dienone is 1. The van der Waals surface area contributed by atoms with Crippen LogP contribution in [0.4, 0.5) is 0 Å². The molecule has 1 aromatic heterocycles. The van der Waals surface area contributed by atoms with Crippen molar-refractivity contribution in [3.63, 3.8) is 0 Å². The first kappa shape index (κ1) is 13.4. The molecule has 0 atom stereocenters. The second kappa shape index (κ2) is 5.12. The Labute approximate surface area is 101 Å². The molecule has 94 valence electrons. The Kier molecular flexibility index (Phi) is 4.04. The van der Waals surface area contributed by atoms with Crippen molar-refractivity contribution in [1.29, 1.82) is 0 Å². The van der Waals surface area contributed by atoms with Crippen LogP contribution in [-0.2, 0) is 7.05 Å². The van der Waals surface area contributed by atoms with E-state index in [1.54, 1.807) is 10.8 Å². The van der Waals surface area contributed by atoms with Crippen LogP contribution in [0.2, 0.25) is 0 Å². The van der Waals surface area contributed by atoms with Gasteiger partial charge in [0, 0.05) is 30.8 Å². The van der Waals surface area contributed by atoms with Gasteiger partial charge in [0.25, 0.3) is 0 Å². The highest BCUT2D eigenvalue weighted by atomic mass is 16.6. The normalized spacial score (nSPS) is 12.2. The molecule has 5 heteroatoms. The van der Waals surface area contributed by atoms with Gasteiger partial charge in [0.15, 0.2) is 0 Å². The summed E-state index contributed by atoms with van der Waals surface area (Å²) in [4.78, 5) is 10.7. The summed E-state index contributed by atoms with van der Waals surface area (Å²) >= 11 is 0. The third-order valence-electron chi connectivity index (χ3n) is 2.73. The van der Waals surface area contributed by atoms with E-state index in [1.807, 2.05) is 34.7 Å². The van der Waals surface area contributed by atoms with E-state index in [0.29, 0.717) is 6.42 Å². The molecule has 0 unspecified atom stereocenters. The van der Waals surface area contributed by atoms with Gasteiger partial charge in [-0.3, -0.25) is 14.8 Å². The molecule has 0 saturated carbocycles. The van der Waals surface area contributed by atoms with Crippen molar-refractivity contribution in [3.8, 4) is 0 Å². The summed E-state index contributed by atoms with van der Waals surface area (Å²) in [6.45, 7) is 7.73. The predicted molar refractivity (Wildman–Crippen MR) is 67.1 cm³/mol. The van der Waals surface area contributed by atoms with Gasteiger partial charge >= 0.3 is 0 Å². The van der Waals surface area contributed by atoms with Crippen LogP contribution >= 0.6 is 0 Å². The third-order valence-corrected chi connectivity index (χ3v) is 2.73. The summed E-state index contributed by atoms with van der Waals surface area (Å²) in [6.07, 6.45) is 2.12. The van der Waals surface area contributed by atoms with E-state index in [-0.39, 0.29) is 16.5 Å². The second-order valence-electron chi connectivity index (χ2n) is 4.70. The number of rotatable bonds is 4. The molecule has 1 rings (SSSR count). The van der Waals surface area contributed by atoms with Crippen LogP contribution in [0.5, 0.6) is 0 Å². The molecule has 0 radical (unpaired) electrons. The van der Waals surface area contributed by atoms with Crippen LogP contribution in [0.15, 0.2) is 5.70 Å². The zero-order valence-corrected chi connectivity index (χ0v) is 11.0. The summed E-state index contributed by atoms with van der Waals surface area (Å²) < 4.78 is 1.74. The van der Waals surface area contributed by atoms with Crippen LogP contribution in [-0.4, -0.2) is 14.7 Å². The van der Waals surface area contributed by atoms with E-state index in [1.165, 1.54) is 0 Å². The highest BCUT2D eigenvalue weighted by Crippen LogP contribution is 2.20. The van der Waals surface area contributed by atoms with Crippen molar-refractivity contribution in [2.75, 3.05) is 0 Å². The Morgan fingerprint density at radius 2 is 2.12 bits per heavy atom. The van der Waals surface area contributed by atoms with Gasteiger partial charge < -0.3 is 0 Å². The summed E-state index contributed by atoms with van der Waals surface area (Å²) in [5.41, 5.74) is 2.89. The highest BCUT2D eigenvalue weighted by Gasteiger charge is 2.16. The minimum Gasteiger partial charge on any atom is -0.272 e. The van der Waals surface area contributed by atoms with Crippen LogP contribution < -0.4 is 0 Å². The first-order valence-corrected chi connectivity index (χ1v) is 5.68. The Balaban J connectivity index is 3.17. The van der Waals surface area contributed by atoms with Crippen LogP contribution in [0, 0.1) is 29.9 Å². The van der Waals surface area contributed by atoms with E-state index in [9.17, 15) is 10.1 Å². The Morgan fingerprint density at radius 1 is 1.53 bits per heavy atom. The third kappa shape index (κ3) is 3.15. The van der Waals surface area contributed by atoms with Gasteiger partial charge in [-0.25, -0.2) is 0 Å². The number of aryl methyl sites for hydroxylation is 2. The molecule has 0 aliphatic carbocycles. The highest BCUT2D eigenvalue weighted by molar-refractivity contribution is 5.56. The first-order valence-electron chi connectivity index (χ1n) is 5.68.